The second kappa shape index (κ2) is 13.2. The van der Waals surface area contributed by atoms with Crippen molar-refractivity contribution < 1.29 is 19.4 Å². The van der Waals surface area contributed by atoms with Crippen LogP contribution in [0.25, 0.3) is 0 Å². The van der Waals surface area contributed by atoms with Crippen LogP contribution in [0.4, 0.5) is 4.79 Å². The molecule has 0 radical (unpaired) electrons. The summed E-state index contributed by atoms with van der Waals surface area (Å²) >= 11 is -2.41. The van der Waals surface area contributed by atoms with Crippen molar-refractivity contribution in [3.63, 3.8) is 0 Å². The predicted molar refractivity (Wildman–Crippen MR) is 136 cm³/mol. The fourth-order valence-corrected chi connectivity index (χ4v) is 20.1. The van der Waals surface area contributed by atoms with E-state index in [4.69, 9.17) is 4.74 Å². The maximum atomic E-state index is 13.0. The van der Waals surface area contributed by atoms with Gasteiger partial charge in [-0.1, -0.05) is 0 Å². The summed E-state index contributed by atoms with van der Waals surface area (Å²) in [6.07, 6.45) is 11.0. The van der Waals surface area contributed by atoms with Gasteiger partial charge in [-0.05, 0) is 0 Å². The van der Waals surface area contributed by atoms with Gasteiger partial charge in [0.2, 0.25) is 0 Å². The third-order valence-electron chi connectivity index (χ3n) is 7.19. The molecule has 1 aliphatic carbocycles. The molecule has 5 nitrogen and oxygen atoms in total. The molecule has 1 amide bonds. The Morgan fingerprint density at radius 1 is 1.06 bits per heavy atom. The molecule has 2 atom stereocenters. The van der Waals surface area contributed by atoms with Gasteiger partial charge in [0, 0.05) is 0 Å². The van der Waals surface area contributed by atoms with E-state index in [0.717, 1.165) is 6.42 Å². The van der Waals surface area contributed by atoms with Crippen LogP contribution in [0.3, 0.4) is 0 Å². The molecule has 0 aromatic carbocycles. The first-order valence-corrected chi connectivity index (χ1v) is 20.5. The Hall–Kier alpha value is -0.721. The SMILES string of the molecule is CCC[CH2][Sn]([CH]=CC1CCC(C(=O)OC)(N(C(=O)O)C(C)(C)C)C1)([CH2]CCC)[CH2]CCC. The van der Waals surface area contributed by atoms with Gasteiger partial charge in [-0.25, -0.2) is 0 Å². The summed E-state index contributed by atoms with van der Waals surface area (Å²) in [6, 6.07) is 0. The van der Waals surface area contributed by atoms with E-state index < -0.39 is 41.5 Å². The molecule has 0 aliphatic heterocycles. The number of hydrogen-bond acceptors (Lipinski definition) is 3. The molecule has 0 aromatic rings. The molecule has 1 fully saturated rings. The van der Waals surface area contributed by atoms with Crippen LogP contribution in [-0.2, 0) is 9.53 Å². The zero-order chi connectivity index (χ0) is 24.4. The van der Waals surface area contributed by atoms with E-state index in [1.807, 2.05) is 20.8 Å². The van der Waals surface area contributed by atoms with Crippen molar-refractivity contribution in [2.24, 2.45) is 5.92 Å². The van der Waals surface area contributed by atoms with Crippen LogP contribution < -0.4 is 0 Å². The molecule has 1 saturated carbocycles. The minimum atomic E-state index is -2.41. The number of carbonyl (C=O) groups is 2. The van der Waals surface area contributed by atoms with Crippen molar-refractivity contribution in [2.45, 2.75) is 124 Å². The fraction of sp³-hybridized carbons (Fsp3) is 0.846. The number of ether oxygens (including phenoxy) is 1. The summed E-state index contributed by atoms with van der Waals surface area (Å²) in [6.45, 7) is 12.4. The van der Waals surface area contributed by atoms with Crippen molar-refractivity contribution in [2.75, 3.05) is 7.11 Å². The zero-order valence-corrected chi connectivity index (χ0v) is 24.7. The normalized spacial score (nSPS) is 21.8. The van der Waals surface area contributed by atoms with Gasteiger partial charge < -0.3 is 0 Å². The standard InChI is InChI=1S/C14H22NO4.3C4H9.Sn/c1-6-10-7-8-14(9-10,11(16)19-5)15(12(17)18)13(2,3)4;3*1-3-4-2;/h1,6,10H,7-9H2,2-5H3,(H,17,18);3*1,3-4H2,2H3;. The number of carbonyl (C=O) groups excluding carboxylic acids is 1. The average Bonchev–Trinajstić information content (AvgIpc) is 3.15. The molecule has 0 saturated heterocycles. The summed E-state index contributed by atoms with van der Waals surface area (Å²) in [5.74, 6) is -0.178. The van der Waals surface area contributed by atoms with Crippen LogP contribution in [0.15, 0.2) is 10.2 Å². The Labute approximate surface area is 201 Å². The van der Waals surface area contributed by atoms with Gasteiger partial charge in [-0.15, -0.1) is 0 Å². The summed E-state index contributed by atoms with van der Waals surface area (Å²) < 4.78 is 12.1. The number of methoxy groups -OCH3 is 1. The number of carboxylic acid groups (broad SMARTS) is 1. The molecule has 2 unspecified atom stereocenters. The van der Waals surface area contributed by atoms with Crippen LogP contribution in [-0.4, -0.2) is 58.6 Å². The van der Waals surface area contributed by atoms with E-state index in [1.165, 1.54) is 63.8 Å². The van der Waals surface area contributed by atoms with Crippen molar-refractivity contribution in [3.05, 3.63) is 10.2 Å². The van der Waals surface area contributed by atoms with E-state index in [9.17, 15) is 14.7 Å². The monoisotopic (exact) mass is 559 g/mol. The zero-order valence-electron chi connectivity index (χ0n) is 21.8. The molecule has 6 heteroatoms. The minimum absolute atomic E-state index is 0.235. The Kier molecular flexibility index (Phi) is 12.1. The molecule has 0 heterocycles. The molecule has 0 aromatic heterocycles. The van der Waals surface area contributed by atoms with Crippen LogP contribution in [0.1, 0.15) is 99.3 Å². The van der Waals surface area contributed by atoms with Crippen molar-refractivity contribution in [1.82, 2.24) is 4.90 Å². The second-order valence-corrected chi connectivity index (χ2v) is 23.9. The molecular formula is C26H49NO4Sn. The summed E-state index contributed by atoms with van der Waals surface area (Å²) in [7, 11) is 1.37. The number of rotatable bonds is 13. The summed E-state index contributed by atoms with van der Waals surface area (Å²) in [5.41, 5.74) is -1.77. The van der Waals surface area contributed by atoms with E-state index in [-0.39, 0.29) is 5.92 Å². The number of nitrogens with zero attached hydrogens (tertiary/aromatic N) is 1. The number of unbranched alkanes of at least 4 members (excludes halogenated alkanes) is 3. The van der Waals surface area contributed by atoms with Crippen molar-refractivity contribution in [3.8, 4) is 0 Å². The quantitative estimate of drug-likeness (QED) is 0.189. The van der Waals surface area contributed by atoms with Crippen molar-refractivity contribution in [1.29, 1.82) is 0 Å². The van der Waals surface area contributed by atoms with Gasteiger partial charge in [0.1, 0.15) is 0 Å². The number of allylic oxidation sites excluding steroid dienone is 1. The predicted octanol–water partition coefficient (Wildman–Crippen LogP) is 7.42. The van der Waals surface area contributed by atoms with Crippen LogP contribution in [0.5, 0.6) is 0 Å². The molecule has 0 spiro atoms. The first-order chi connectivity index (χ1) is 15.0. The van der Waals surface area contributed by atoms with Gasteiger partial charge in [-0.3, -0.25) is 0 Å². The van der Waals surface area contributed by atoms with E-state index in [1.54, 1.807) is 0 Å². The van der Waals surface area contributed by atoms with Crippen LogP contribution >= 0.6 is 0 Å². The first-order valence-electron chi connectivity index (χ1n) is 12.8. The van der Waals surface area contributed by atoms with E-state index >= 15 is 0 Å². The van der Waals surface area contributed by atoms with E-state index in [2.05, 4.69) is 30.9 Å². The molecule has 1 N–H and O–H groups in total. The molecular weight excluding hydrogens is 509 g/mol. The van der Waals surface area contributed by atoms with Gasteiger partial charge in [0.05, 0.1) is 0 Å². The van der Waals surface area contributed by atoms with Gasteiger partial charge in [0.15, 0.2) is 0 Å². The Bertz CT molecular complexity index is 606. The Morgan fingerprint density at radius 2 is 1.56 bits per heavy atom. The number of hydrogen-bond donors (Lipinski definition) is 1. The number of esters is 1. The molecule has 1 rings (SSSR count). The second-order valence-electron chi connectivity index (χ2n) is 10.8. The summed E-state index contributed by atoms with van der Waals surface area (Å²) in [5, 5.41) is 10.0. The number of amides is 1. The van der Waals surface area contributed by atoms with Gasteiger partial charge in [-0.2, -0.15) is 0 Å². The molecule has 0 bridgehead atoms. The fourth-order valence-electron chi connectivity index (χ4n) is 5.56. The molecule has 186 valence electrons. The van der Waals surface area contributed by atoms with Crippen molar-refractivity contribution >= 4 is 30.4 Å². The molecule has 1 aliphatic rings. The molecule has 32 heavy (non-hydrogen) atoms. The van der Waals surface area contributed by atoms with Crippen LogP contribution in [0.2, 0.25) is 13.3 Å². The van der Waals surface area contributed by atoms with Gasteiger partial charge in [0.25, 0.3) is 0 Å². The van der Waals surface area contributed by atoms with Crippen LogP contribution in [0, 0.1) is 5.92 Å². The first kappa shape index (κ1) is 29.3. The topological polar surface area (TPSA) is 66.8 Å². The Balaban J connectivity index is 3.23. The van der Waals surface area contributed by atoms with E-state index in [0.29, 0.717) is 12.8 Å². The van der Waals surface area contributed by atoms with Gasteiger partial charge >= 0.3 is 202 Å². The third kappa shape index (κ3) is 7.66. The Morgan fingerprint density at radius 3 is 1.94 bits per heavy atom. The maximum absolute atomic E-state index is 13.0. The third-order valence-corrected chi connectivity index (χ3v) is 21.3. The summed E-state index contributed by atoms with van der Waals surface area (Å²) in [4.78, 5) is 26.6. The average molecular weight is 558 g/mol.